The number of hydrogen-bond acceptors (Lipinski definition) is 6. The van der Waals surface area contributed by atoms with Crippen LogP contribution in [0.1, 0.15) is 5.76 Å². The zero-order chi connectivity index (χ0) is 16.1. The van der Waals surface area contributed by atoms with Gasteiger partial charge in [-0.1, -0.05) is 23.4 Å². The average molecular weight is 416 g/mol. The SMILES string of the molecule is Clc1ccc(OCCSc2nnnn2Cc2ccco2)c(Br)c1. The molecule has 3 aromatic rings. The van der Waals surface area contributed by atoms with E-state index >= 15 is 0 Å². The lowest BCUT2D eigenvalue weighted by Crippen LogP contribution is -2.05. The molecule has 0 saturated heterocycles. The highest BCUT2D eigenvalue weighted by Gasteiger charge is 2.09. The second-order valence-corrected chi connectivity index (χ2v) is 6.82. The fourth-order valence-electron chi connectivity index (χ4n) is 1.83. The molecule has 6 nitrogen and oxygen atoms in total. The Morgan fingerprint density at radius 3 is 3.04 bits per heavy atom. The second-order valence-electron chi connectivity index (χ2n) is 4.47. The van der Waals surface area contributed by atoms with E-state index in [1.165, 1.54) is 11.8 Å². The van der Waals surface area contributed by atoms with Crippen molar-refractivity contribution in [3.05, 3.63) is 51.9 Å². The Kier molecular flexibility index (Phi) is 5.58. The first kappa shape index (κ1) is 16.4. The molecular formula is C14H12BrClN4O2S. The van der Waals surface area contributed by atoms with Crippen LogP contribution in [0.2, 0.25) is 5.02 Å². The van der Waals surface area contributed by atoms with E-state index in [4.69, 9.17) is 20.8 Å². The average Bonchev–Trinajstić information content (AvgIpc) is 3.18. The van der Waals surface area contributed by atoms with Crippen LogP contribution in [0.4, 0.5) is 0 Å². The summed E-state index contributed by atoms with van der Waals surface area (Å²) in [6.45, 7) is 1.03. The van der Waals surface area contributed by atoms with E-state index in [2.05, 4.69) is 31.5 Å². The number of halogens is 2. The maximum absolute atomic E-state index is 5.90. The van der Waals surface area contributed by atoms with Crippen LogP contribution >= 0.6 is 39.3 Å². The third kappa shape index (κ3) is 4.49. The molecule has 9 heteroatoms. The number of benzene rings is 1. The number of aromatic nitrogens is 4. The summed E-state index contributed by atoms with van der Waals surface area (Å²) in [5.74, 6) is 2.28. The molecule has 0 fully saturated rings. The zero-order valence-electron chi connectivity index (χ0n) is 11.9. The van der Waals surface area contributed by atoms with E-state index in [9.17, 15) is 0 Å². The van der Waals surface area contributed by atoms with Gasteiger partial charge in [-0.2, -0.15) is 0 Å². The highest BCUT2D eigenvalue weighted by atomic mass is 79.9. The van der Waals surface area contributed by atoms with E-state index < -0.39 is 0 Å². The number of nitrogens with zero attached hydrogens (tertiary/aromatic N) is 4. The van der Waals surface area contributed by atoms with Gasteiger partial charge in [0.15, 0.2) is 0 Å². The summed E-state index contributed by atoms with van der Waals surface area (Å²) in [5, 5.41) is 13.1. The van der Waals surface area contributed by atoms with Crippen molar-refractivity contribution in [2.45, 2.75) is 11.7 Å². The molecule has 0 N–H and O–H groups in total. The number of thioether (sulfide) groups is 1. The fraction of sp³-hybridized carbons (Fsp3) is 0.214. The Bertz CT molecular complexity index is 766. The van der Waals surface area contributed by atoms with E-state index in [0.29, 0.717) is 23.9 Å². The number of furan rings is 1. The molecule has 0 aliphatic carbocycles. The summed E-state index contributed by atoms with van der Waals surface area (Å²) in [7, 11) is 0. The molecule has 0 bridgehead atoms. The van der Waals surface area contributed by atoms with Gasteiger partial charge < -0.3 is 9.15 Å². The molecule has 2 aromatic heterocycles. The molecule has 120 valence electrons. The molecule has 1 aromatic carbocycles. The van der Waals surface area contributed by atoms with Gasteiger partial charge in [0, 0.05) is 10.8 Å². The van der Waals surface area contributed by atoms with Crippen LogP contribution in [0.15, 0.2) is 50.6 Å². The summed E-state index contributed by atoms with van der Waals surface area (Å²) < 4.78 is 13.5. The summed E-state index contributed by atoms with van der Waals surface area (Å²) in [6, 6.07) is 9.15. The largest absolute Gasteiger partial charge is 0.492 e. The zero-order valence-corrected chi connectivity index (χ0v) is 15.0. The first-order valence-electron chi connectivity index (χ1n) is 6.71. The Morgan fingerprint density at radius 2 is 2.26 bits per heavy atom. The van der Waals surface area contributed by atoms with Gasteiger partial charge in [-0.25, -0.2) is 4.68 Å². The summed E-state index contributed by atoms with van der Waals surface area (Å²) in [4.78, 5) is 0. The van der Waals surface area contributed by atoms with E-state index in [1.54, 1.807) is 23.1 Å². The fourth-order valence-corrected chi connectivity index (χ4v) is 3.32. The van der Waals surface area contributed by atoms with Gasteiger partial charge in [-0.15, -0.1) is 5.10 Å². The van der Waals surface area contributed by atoms with E-state index in [-0.39, 0.29) is 0 Å². The monoisotopic (exact) mass is 414 g/mol. The lowest BCUT2D eigenvalue weighted by Gasteiger charge is -2.08. The third-order valence-electron chi connectivity index (χ3n) is 2.85. The van der Waals surface area contributed by atoms with Crippen molar-refractivity contribution in [2.75, 3.05) is 12.4 Å². The van der Waals surface area contributed by atoms with Crippen molar-refractivity contribution in [1.29, 1.82) is 0 Å². The summed E-state index contributed by atoms with van der Waals surface area (Å²) in [5.41, 5.74) is 0. The Morgan fingerprint density at radius 1 is 1.35 bits per heavy atom. The minimum Gasteiger partial charge on any atom is -0.492 e. The van der Waals surface area contributed by atoms with Crippen LogP contribution in [0.25, 0.3) is 0 Å². The maximum atomic E-state index is 5.90. The van der Waals surface area contributed by atoms with Crippen molar-refractivity contribution < 1.29 is 9.15 Å². The van der Waals surface area contributed by atoms with Crippen molar-refractivity contribution >= 4 is 39.3 Å². The van der Waals surface area contributed by atoms with Crippen LogP contribution in [-0.2, 0) is 6.54 Å². The van der Waals surface area contributed by atoms with E-state index in [0.717, 1.165) is 21.1 Å². The predicted octanol–water partition coefficient (Wildman–Crippen LogP) is 3.90. The molecule has 0 aliphatic heterocycles. The molecule has 3 rings (SSSR count). The number of ether oxygens (including phenoxy) is 1. The van der Waals surface area contributed by atoms with Crippen molar-refractivity contribution in [1.82, 2.24) is 20.2 Å². The maximum Gasteiger partial charge on any atom is 0.209 e. The first-order valence-corrected chi connectivity index (χ1v) is 8.87. The van der Waals surface area contributed by atoms with Gasteiger partial charge in [0.2, 0.25) is 5.16 Å². The summed E-state index contributed by atoms with van der Waals surface area (Å²) in [6.07, 6.45) is 1.63. The van der Waals surface area contributed by atoms with Crippen LogP contribution in [0, 0.1) is 0 Å². The van der Waals surface area contributed by atoms with Crippen LogP contribution in [0.5, 0.6) is 5.75 Å². The van der Waals surface area contributed by atoms with Crippen molar-refractivity contribution in [3.63, 3.8) is 0 Å². The minimum atomic E-state index is 0.506. The van der Waals surface area contributed by atoms with Gasteiger partial charge in [-0.3, -0.25) is 0 Å². The smallest absolute Gasteiger partial charge is 0.209 e. The highest BCUT2D eigenvalue weighted by Crippen LogP contribution is 2.28. The number of tetrazole rings is 1. The topological polar surface area (TPSA) is 66.0 Å². The van der Waals surface area contributed by atoms with Crippen LogP contribution < -0.4 is 4.74 Å². The van der Waals surface area contributed by atoms with Gasteiger partial charge in [-0.05, 0) is 56.7 Å². The molecule has 23 heavy (non-hydrogen) atoms. The number of rotatable bonds is 7. The predicted molar refractivity (Wildman–Crippen MR) is 91.0 cm³/mol. The van der Waals surface area contributed by atoms with Gasteiger partial charge >= 0.3 is 0 Å². The van der Waals surface area contributed by atoms with Crippen LogP contribution in [0.3, 0.4) is 0 Å². The second kappa shape index (κ2) is 7.85. The highest BCUT2D eigenvalue weighted by molar-refractivity contribution is 9.10. The standard InChI is InChI=1S/C14H12BrClN4O2S/c15-12-8-10(16)3-4-13(12)22-6-7-23-14-17-18-19-20(14)9-11-2-1-5-21-11/h1-5,8H,6-7,9H2. The number of hydrogen-bond donors (Lipinski definition) is 0. The molecule has 0 saturated carbocycles. The Labute approximate surface area is 150 Å². The molecule has 0 unspecified atom stereocenters. The van der Waals surface area contributed by atoms with Crippen molar-refractivity contribution in [2.24, 2.45) is 0 Å². The Hall–Kier alpha value is -1.51. The van der Waals surface area contributed by atoms with Crippen molar-refractivity contribution in [3.8, 4) is 5.75 Å². The molecular weight excluding hydrogens is 404 g/mol. The summed E-state index contributed by atoms with van der Waals surface area (Å²) >= 11 is 10.8. The third-order valence-corrected chi connectivity index (χ3v) is 4.63. The normalized spacial score (nSPS) is 10.9. The lowest BCUT2D eigenvalue weighted by atomic mass is 10.3. The minimum absolute atomic E-state index is 0.506. The lowest BCUT2D eigenvalue weighted by molar-refractivity contribution is 0.341. The quantitative estimate of drug-likeness (QED) is 0.431. The molecule has 0 atom stereocenters. The van der Waals surface area contributed by atoms with Gasteiger partial charge in [0.25, 0.3) is 0 Å². The van der Waals surface area contributed by atoms with Crippen LogP contribution in [-0.4, -0.2) is 32.6 Å². The first-order chi connectivity index (χ1) is 11.2. The van der Waals surface area contributed by atoms with E-state index in [1.807, 2.05) is 18.2 Å². The molecule has 0 radical (unpaired) electrons. The molecule has 0 aliphatic rings. The molecule has 0 spiro atoms. The molecule has 2 heterocycles. The van der Waals surface area contributed by atoms with Gasteiger partial charge in [0.05, 0.1) is 17.3 Å². The van der Waals surface area contributed by atoms with Gasteiger partial charge in [0.1, 0.15) is 18.1 Å². The molecule has 0 amide bonds. The Balaban J connectivity index is 1.50.